The second kappa shape index (κ2) is 8.35. The number of amides is 1. The summed E-state index contributed by atoms with van der Waals surface area (Å²) in [6.07, 6.45) is 1.46. The minimum Gasteiger partial charge on any atom is -0.497 e. The highest BCUT2D eigenvalue weighted by Crippen LogP contribution is 2.12. The number of benzene rings is 2. The van der Waals surface area contributed by atoms with E-state index in [1.54, 1.807) is 18.7 Å². The zero-order chi connectivity index (χ0) is 22.0. The molecule has 0 spiro atoms. The van der Waals surface area contributed by atoms with Crippen molar-refractivity contribution in [3.8, 4) is 5.75 Å². The lowest BCUT2D eigenvalue weighted by Crippen LogP contribution is -2.37. The molecule has 0 atom stereocenters. The predicted octanol–water partition coefficient (Wildman–Crippen LogP) is 1.79. The van der Waals surface area contributed by atoms with Crippen molar-refractivity contribution in [1.82, 2.24) is 18.9 Å². The Hall–Kier alpha value is -4.07. The van der Waals surface area contributed by atoms with Crippen LogP contribution >= 0.6 is 0 Å². The van der Waals surface area contributed by atoms with Crippen LogP contribution in [0.3, 0.4) is 0 Å². The number of hydrogen-bond donors (Lipinski definition) is 1. The van der Waals surface area contributed by atoms with Crippen LogP contribution in [0, 0.1) is 0 Å². The van der Waals surface area contributed by atoms with Gasteiger partial charge in [-0.2, -0.15) is 0 Å². The van der Waals surface area contributed by atoms with Gasteiger partial charge in [-0.15, -0.1) is 0 Å². The highest BCUT2D eigenvalue weighted by molar-refractivity contribution is 5.93. The van der Waals surface area contributed by atoms with Gasteiger partial charge in [0.05, 0.1) is 13.7 Å². The van der Waals surface area contributed by atoms with Crippen LogP contribution in [-0.2, 0) is 20.1 Å². The molecule has 158 valence electrons. The van der Waals surface area contributed by atoms with Crippen LogP contribution in [0.1, 0.15) is 21.6 Å². The van der Waals surface area contributed by atoms with Gasteiger partial charge in [-0.3, -0.25) is 18.6 Å². The summed E-state index contributed by atoms with van der Waals surface area (Å²) in [5, 5.41) is 2.84. The summed E-state index contributed by atoms with van der Waals surface area (Å²) in [5.41, 5.74) is 1.48. The summed E-state index contributed by atoms with van der Waals surface area (Å²) in [7, 11) is 3.24. The SMILES string of the molecule is COc1ccc(CNC(=O)c2cn3c(=O)n(Cc4ccccc4)c(=O)cc3n2C)cc1. The zero-order valence-corrected chi connectivity index (χ0v) is 17.2. The van der Waals surface area contributed by atoms with Crippen molar-refractivity contribution in [2.75, 3.05) is 7.11 Å². The molecule has 0 fully saturated rings. The lowest BCUT2D eigenvalue weighted by molar-refractivity contribution is 0.0943. The van der Waals surface area contributed by atoms with Crippen LogP contribution in [0.25, 0.3) is 5.65 Å². The molecule has 0 bridgehead atoms. The standard InChI is InChI=1S/C23H22N4O4/c1-25-19(22(29)24-13-16-8-10-18(31-2)11-9-16)15-26-20(25)12-21(28)27(23(26)30)14-17-6-4-3-5-7-17/h3-12,15H,13-14H2,1-2H3,(H,24,29). The number of fused-ring (bicyclic) bond motifs is 1. The number of rotatable bonds is 6. The van der Waals surface area contributed by atoms with Gasteiger partial charge < -0.3 is 14.6 Å². The lowest BCUT2D eigenvalue weighted by Gasteiger charge is -2.07. The Morgan fingerprint density at radius 1 is 1.00 bits per heavy atom. The average Bonchev–Trinajstić information content (AvgIpc) is 3.12. The summed E-state index contributed by atoms with van der Waals surface area (Å²) in [6.45, 7) is 0.482. The first-order valence-corrected chi connectivity index (χ1v) is 9.75. The van der Waals surface area contributed by atoms with Crippen molar-refractivity contribution in [3.05, 3.63) is 105 Å². The van der Waals surface area contributed by atoms with E-state index in [9.17, 15) is 14.4 Å². The summed E-state index contributed by atoms with van der Waals surface area (Å²) >= 11 is 0. The third-order valence-corrected chi connectivity index (χ3v) is 5.19. The number of imidazole rings is 1. The summed E-state index contributed by atoms with van der Waals surface area (Å²) in [4.78, 5) is 38.3. The Bertz CT molecular complexity index is 1350. The third kappa shape index (κ3) is 4.00. The molecule has 1 amide bonds. The largest absolute Gasteiger partial charge is 0.497 e. The molecule has 0 aliphatic carbocycles. The Kier molecular flexibility index (Phi) is 5.44. The molecule has 4 rings (SSSR count). The van der Waals surface area contributed by atoms with Crippen molar-refractivity contribution in [1.29, 1.82) is 0 Å². The Morgan fingerprint density at radius 2 is 1.71 bits per heavy atom. The average molecular weight is 418 g/mol. The smallest absolute Gasteiger partial charge is 0.337 e. The second-order valence-corrected chi connectivity index (χ2v) is 7.17. The van der Waals surface area contributed by atoms with E-state index in [0.29, 0.717) is 12.2 Å². The van der Waals surface area contributed by atoms with Gasteiger partial charge in [-0.05, 0) is 23.3 Å². The minimum atomic E-state index is -0.490. The predicted molar refractivity (Wildman–Crippen MR) is 117 cm³/mol. The molecular formula is C23H22N4O4. The highest BCUT2D eigenvalue weighted by atomic mass is 16.5. The highest BCUT2D eigenvalue weighted by Gasteiger charge is 2.17. The van der Waals surface area contributed by atoms with Gasteiger partial charge in [0, 0.05) is 25.9 Å². The quantitative estimate of drug-likeness (QED) is 0.517. The summed E-state index contributed by atoms with van der Waals surface area (Å²) in [5.74, 6) is 0.392. The third-order valence-electron chi connectivity index (χ3n) is 5.19. The van der Waals surface area contributed by atoms with Crippen molar-refractivity contribution in [3.63, 3.8) is 0 Å². The van der Waals surface area contributed by atoms with Gasteiger partial charge in [0.1, 0.15) is 17.1 Å². The number of hydrogen-bond acceptors (Lipinski definition) is 4. The van der Waals surface area contributed by atoms with Crippen LogP contribution in [-0.4, -0.2) is 26.6 Å². The van der Waals surface area contributed by atoms with Crippen molar-refractivity contribution in [2.45, 2.75) is 13.1 Å². The number of carbonyl (C=O) groups is 1. The maximum atomic E-state index is 13.0. The van der Waals surface area contributed by atoms with Crippen LogP contribution in [0.2, 0.25) is 0 Å². The maximum absolute atomic E-state index is 13.0. The van der Waals surface area contributed by atoms with E-state index < -0.39 is 11.2 Å². The molecule has 2 aromatic carbocycles. The van der Waals surface area contributed by atoms with Gasteiger partial charge in [-0.1, -0.05) is 42.5 Å². The molecule has 8 nitrogen and oxygen atoms in total. The number of carbonyl (C=O) groups excluding carboxylic acids is 1. The first-order valence-electron chi connectivity index (χ1n) is 9.75. The van der Waals surface area contributed by atoms with Crippen LogP contribution in [0.5, 0.6) is 5.75 Å². The van der Waals surface area contributed by atoms with E-state index >= 15 is 0 Å². The molecule has 31 heavy (non-hydrogen) atoms. The topological polar surface area (TPSA) is 86.7 Å². The van der Waals surface area contributed by atoms with Crippen LogP contribution < -0.4 is 21.3 Å². The van der Waals surface area contributed by atoms with Gasteiger partial charge in [0.15, 0.2) is 0 Å². The number of ether oxygens (including phenoxy) is 1. The van der Waals surface area contributed by atoms with Gasteiger partial charge in [0.25, 0.3) is 11.5 Å². The molecule has 0 radical (unpaired) electrons. The Labute approximate surface area is 177 Å². The van der Waals surface area contributed by atoms with Crippen molar-refractivity contribution in [2.24, 2.45) is 7.05 Å². The lowest BCUT2D eigenvalue weighted by atomic mass is 10.2. The molecule has 1 N–H and O–H groups in total. The molecule has 4 aromatic rings. The first kappa shape index (κ1) is 20.2. The fourth-order valence-electron chi connectivity index (χ4n) is 3.43. The van der Waals surface area contributed by atoms with Crippen LogP contribution in [0.4, 0.5) is 0 Å². The molecule has 2 aromatic heterocycles. The summed E-state index contributed by atoms with van der Waals surface area (Å²) in [6, 6.07) is 18.0. The van der Waals surface area contributed by atoms with Gasteiger partial charge in [-0.25, -0.2) is 4.79 Å². The van der Waals surface area contributed by atoms with Crippen LogP contribution in [0.15, 0.2) is 76.4 Å². The van der Waals surface area contributed by atoms with Crippen molar-refractivity contribution < 1.29 is 9.53 Å². The van der Waals surface area contributed by atoms with E-state index in [1.165, 1.54) is 16.7 Å². The minimum absolute atomic E-state index is 0.162. The zero-order valence-electron chi connectivity index (χ0n) is 17.2. The number of nitrogens with one attached hydrogen (secondary N) is 1. The fourth-order valence-corrected chi connectivity index (χ4v) is 3.43. The first-order chi connectivity index (χ1) is 15.0. The van der Waals surface area contributed by atoms with E-state index in [2.05, 4.69) is 5.32 Å². The molecule has 2 heterocycles. The second-order valence-electron chi connectivity index (χ2n) is 7.17. The number of aromatic nitrogens is 3. The Morgan fingerprint density at radius 3 is 2.39 bits per heavy atom. The number of nitrogens with zero attached hydrogens (tertiary/aromatic N) is 3. The molecular weight excluding hydrogens is 396 g/mol. The van der Waals surface area contributed by atoms with Crippen molar-refractivity contribution >= 4 is 11.6 Å². The van der Waals surface area contributed by atoms with E-state index in [0.717, 1.165) is 21.4 Å². The van der Waals surface area contributed by atoms with E-state index in [1.807, 2.05) is 54.6 Å². The molecule has 0 unspecified atom stereocenters. The fraction of sp³-hybridized carbons (Fsp3) is 0.174. The molecule has 0 aliphatic rings. The Balaban J connectivity index is 1.62. The normalized spacial score (nSPS) is 10.9. The molecule has 0 saturated heterocycles. The molecule has 0 saturated carbocycles. The van der Waals surface area contributed by atoms with Gasteiger partial charge in [0.2, 0.25) is 0 Å². The molecule has 8 heteroatoms. The maximum Gasteiger partial charge on any atom is 0.337 e. The van der Waals surface area contributed by atoms with E-state index in [4.69, 9.17) is 4.74 Å². The van der Waals surface area contributed by atoms with E-state index in [-0.39, 0.29) is 18.1 Å². The van der Waals surface area contributed by atoms with Gasteiger partial charge >= 0.3 is 5.69 Å². The summed E-state index contributed by atoms with van der Waals surface area (Å²) < 4.78 is 9.15. The number of aryl methyl sites for hydroxylation is 1. The monoisotopic (exact) mass is 418 g/mol. The number of methoxy groups -OCH3 is 1. The molecule has 0 aliphatic heterocycles.